The molecule has 1 saturated carbocycles. The van der Waals surface area contributed by atoms with Gasteiger partial charge in [-0.05, 0) is 49.4 Å². The highest BCUT2D eigenvalue weighted by molar-refractivity contribution is 5.94. The Morgan fingerprint density at radius 3 is 2.92 bits per heavy atom. The first-order chi connectivity index (χ1) is 12.3. The maximum Gasteiger partial charge on any atom is 0.256 e. The summed E-state index contributed by atoms with van der Waals surface area (Å²) >= 11 is 0. The predicted molar refractivity (Wildman–Crippen MR) is 93.8 cm³/mol. The van der Waals surface area contributed by atoms with Crippen molar-refractivity contribution in [3.8, 4) is 11.5 Å². The van der Waals surface area contributed by atoms with Crippen molar-refractivity contribution in [1.29, 1.82) is 0 Å². The molecule has 5 heteroatoms. The molecule has 1 aromatic heterocycles. The molecule has 1 saturated heterocycles. The Bertz CT molecular complexity index is 750. The predicted octanol–water partition coefficient (Wildman–Crippen LogP) is 3.16. The van der Waals surface area contributed by atoms with Crippen LogP contribution in [-0.4, -0.2) is 41.6 Å². The number of carbonyl (C=O) groups is 1. The van der Waals surface area contributed by atoms with E-state index in [4.69, 9.17) is 9.47 Å². The van der Waals surface area contributed by atoms with Crippen LogP contribution in [0.15, 0.2) is 48.8 Å². The lowest BCUT2D eigenvalue weighted by atomic mass is 9.99. The molecule has 2 aromatic rings. The Labute approximate surface area is 147 Å². The molecule has 2 aliphatic rings. The molecule has 5 nitrogen and oxygen atoms in total. The summed E-state index contributed by atoms with van der Waals surface area (Å²) in [6, 6.07) is 11.7. The Balaban J connectivity index is 1.50. The summed E-state index contributed by atoms with van der Waals surface area (Å²) in [5.74, 6) is 2.14. The SMILES string of the molecule is COc1cccc(OC[C@@H]2C3CCC(C3)N2C(=O)c2cccnc2)c1. The Kier molecular flexibility index (Phi) is 4.30. The molecule has 1 aliphatic heterocycles. The number of hydrogen-bond donors (Lipinski definition) is 0. The monoisotopic (exact) mass is 338 g/mol. The molecule has 1 aromatic carbocycles. The third-order valence-corrected chi connectivity index (χ3v) is 5.35. The number of pyridine rings is 1. The van der Waals surface area contributed by atoms with Crippen LogP contribution in [0.2, 0.25) is 0 Å². The lowest BCUT2D eigenvalue weighted by Crippen LogP contribution is -2.47. The maximum absolute atomic E-state index is 13.0. The van der Waals surface area contributed by atoms with Gasteiger partial charge in [-0.3, -0.25) is 9.78 Å². The van der Waals surface area contributed by atoms with E-state index in [0.717, 1.165) is 24.3 Å². The minimum absolute atomic E-state index is 0.0690. The van der Waals surface area contributed by atoms with E-state index in [0.29, 0.717) is 24.1 Å². The minimum Gasteiger partial charge on any atom is -0.497 e. The van der Waals surface area contributed by atoms with Gasteiger partial charge in [0.2, 0.25) is 0 Å². The van der Waals surface area contributed by atoms with E-state index in [1.165, 1.54) is 6.42 Å². The van der Waals surface area contributed by atoms with Crippen molar-refractivity contribution in [3.63, 3.8) is 0 Å². The fourth-order valence-electron chi connectivity index (χ4n) is 4.14. The first-order valence-corrected chi connectivity index (χ1v) is 8.76. The second kappa shape index (κ2) is 6.75. The summed E-state index contributed by atoms with van der Waals surface area (Å²) in [6.45, 7) is 0.514. The van der Waals surface area contributed by atoms with Gasteiger partial charge >= 0.3 is 0 Å². The zero-order valence-corrected chi connectivity index (χ0v) is 14.3. The van der Waals surface area contributed by atoms with Crippen LogP contribution in [0, 0.1) is 5.92 Å². The second-order valence-electron chi connectivity index (χ2n) is 6.74. The lowest BCUT2D eigenvalue weighted by Gasteiger charge is -2.35. The van der Waals surface area contributed by atoms with Gasteiger partial charge in [0.05, 0.1) is 18.7 Å². The number of amides is 1. The van der Waals surface area contributed by atoms with Gasteiger partial charge in [0.15, 0.2) is 0 Å². The van der Waals surface area contributed by atoms with Crippen LogP contribution < -0.4 is 9.47 Å². The van der Waals surface area contributed by atoms with Gasteiger partial charge < -0.3 is 14.4 Å². The van der Waals surface area contributed by atoms with Crippen LogP contribution in [0.5, 0.6) is 11.5 Å². The summed E-state index contributed by atoms with van der Waals surface area (Å²) in [5.41, 5.74) is 0.654. The van der Waals surface area contributed by atoms with Crippen LogP contribution in [0.25, 0.3) is 0 Å². The Hall–Kier alpha value is -2.56. The third-order valence-electron chi connectivity index (χ3n) is 5.35. The number of nitrogens with zero attached hydrogens (tertiary/aromatic N) is 2. The number of methoxy groups -OCH3 is 1. The van der Waals surface area contributed by atoms with Gasteiger partial charge in [-0.2, -0.15) is 0 Å². The summed E-state index contributed by atoms with van der Waals surface area (Å²) < 4.78 is 11.3. The zero-order valence-electron chi connectivity index (χ0n) is 14.3. The molecule has 130 valence electrons. The van der Waals surface area contributed by atoms with E-state index in [-0.39, 0.29) is 11.9 Å². The number of carbonyl (C=O) groups excluding carboxylic acids is 1. The van der Waals surface area contributed by atoms with Gasteiger partial charge in [-0.1, -0.05) is 6.07 Å². The molecule has 4 rings (SSSR count). The molecule has 0 N–H and O–H groups in total. The minimum atomic E-state index is 0.0690. The molecule has 2 fully saturated rings. The van der Waals surface area contributed by atoms with Crippen molar-refractivity contribution < 1.29 is 14.3 Å². The number of hydrogen-bond acceptors (Lipinski definition) is 4. The number of piperidine rings is 1. The average molecular weight is 338 g/mol. The van der Waals surface area contributed by atoms with Gasteiger partial charge in [0.1, 0.15) is 18.1 Å². The first-order valence-electron chi connectivity index (χ1n) is 8.76. The lowest BCUT2D eigenvalue weighted by molar-refractivity contribution is 0.0505. The normalized spacial score (nSPS) is 24.4. The zero-order chi connectivity index (χ0) is 17.2. The molecule has 25 heavy (non-hydrogen) atoms. The Morgan fingerprint density at radius 2 is 2.12 bits per heavy atom. The molecule has 0 radical (unpaired) electrons. The van der Waals surface area contributed by atoms with Crippen LogP contribution in [0.3, 0.4) is 0 Å². The number of benzene rings is 1. The standard InChI is InChI=1S/C20H22N2O3/c1-24-17-5-2-6-18(11-17)25-13-19-14-7-8-16(10-14)22(19)20(23)15-4-3-9-21-12-15/h2-6,9,11-12,14,16,19H,7-8,10,13H2,1H3/t14?,16?,19-/m1/s1. The fourth-order valence-corrected chi connectivity index (χ4v) is 4.14. The van der Waals surface area contributed by atoms with E-state index in [2.05, 4.69) is 4.98 Å². The van der Waals surface area contributed by atoms with Crippen LogP contribution in [0.1, 0.15) is 29.6 Å². The molecule has 1 amide bonds. The van der Waals surface area contributed by atoms with E-state index in [1.807, 2.05) is 41.3 Å². The van der Waals surface area contributed by atoms with Crippen molar-refractivity contribution in [2.45, 2.75) is 31.3 Å². The summed E-state index contributed by atoms with van der Waals surface area (Å²) in [4.78, 5) is 19.1. The van der Waals surface area contributed by atoms with E-state index >= 15 is 0 Å². The van der Waals surface area contributed by atoms with Gasteiger partial charge in [0.25, 0.3) is 5.91 Å². The van der Waals surface area contributed by atoms with E-state index in [1.54, 1.807) is 19.5 Å². The van der Waals surface area contributed by atoms with Crippen molar-refractivity contribution in [1.82, 2.24) is 9.88 Å². The van der Waals surface area contributed by atoms with E-state index < -0.39 is 0 Å². The van der Waals surface area contributed by atoms with Crippen LogP contribution >= 0.6 is 0 Å². The van der Waals surface area contributed by atoms with Crippen molar-refractivity contribution in [3.05, 3.63) is 54.4 Å². The summed E-state index contributed by atoms with van der Waals surface area (Å²) in [6.07, 6.45) is 6.68. The fraction of sp³-hybridized carbons (Fsp3) is 0.400. The molecular weight excluding hydrogens is 316 g/mol. The molecule has 3 atom stereocenters. The molecule has 2 unspecified atom stereocenters. The van der Waals surface area contributed by atoms with Crippen LogP contribution in [-0.2, 0) is 0 Å². The average Bonchev–Trinajstić information content (AvgIpc) is 3.28. The van der Waals surface area contributed by atoms with Crippen molar-refractivity contribution in [2.24, 2.45) is 5.92 Å². The molecular formula is C20H22N2O3. The summed E-state index contributed by atoms with van der Waals surface area (Å²) in [7, 11) is 1.64. The highest BCUT2D eigenvalue weighted by Crippen LogP contribution is 2.43. The second-order valence-corrected chi connectivity index (χ2v) is 6.74. The summed E-state index contributed by atoms with van der Waals surface area (Å²) in [5, 5.41) is 0. The topological polar surface area (TPSA) is 51.7 Å². The number of ether oxygens (including phenoxy) is 2. The molecule has 1 aliphatic carbocycles. The smallest absolute Gasteiger partial charge is 0.256 e. The quantitative estimate of drug-likeness (QED) is 0.840. The van der Waals surface area contributed by atoms with Crippen molar-refractivity contribution >= 4 is 5.91 Å². The first kappa shape index (κ1) is 15.9. The van der Waals surface area contributed by atoms with Gasteiger partial charge in [-0.25, -0.2) is 0 Å². The number of rotatable bonds is 5. The van der Waals surface area contributed by atoms with Crippen molar-refractivity contribution in [2.75, 3.05) is 13.7 Å². The molecule has 2 heterocycles. The molecule has 2 bridgehead atoms. The number of fused-ring (bicyclic) bond motifs is 2. The number of likely N-dealkylation sites (tertiary alicyclic amines) is 1. The highest BCUT2D eigenvalue weighted by Gasteiger charge is 2.48. The van der Waals surface area contributed by atoms with E-state index in [9.17, 15) is 4.79 Å². The number of aromatic nitrogens is 1. The third kappa shape index (κ3) is 3.06. The van der Waals surface area contributed by atoms with Crippen LogP contribution in [0.4, 0.5) is 0 Å². The highest BCUT2D eigenvalue weighted by atomic mass is 16.5. The Morgan fingerprint density at radius 1 is 1.24 bits per heavy atom. The van der Waals surface area contributed by atoms with Gasteiger partial charge in [-0.15, -0.1) is 0 Å². The van der Waals surface area contributed by atoms with Gasteiger partial charge in [0, 0.05) is 24.5 Å². The largest absolute Gasteiger partial charge is 0.497 e. The molecule has 0 spiro atoms. The maximum atomic E-state index is 13.0.